The van der Waals surface area contributed by atoms with Gasteiger partial charge in [0.25, 0.3) is 0 Å². The Hall–Kier alpha value is -2.15. The highest BCUT2D eigenvalue weighted by Gasteiger charge is 2.14. The molecule has 0 bridgehead atoms. The normalized spacial score (nSPS) is 15.9. The lowest BCUT2D eigenvalue weighted by atomic mass is 9.84. The summed E-state index contributed by atoms with van der Waals surface area (Å²) in [6, 6.07) is 16.4. The number of hydrogen-bond donors (Lipinski definition) is 0. The van der Waals surface area contributed by atoms with Crippen molar-refractivity contribution in [2.75, 3.05) is 0 Å². The Morgan fingerprint density at radius 2 is 1.57 bits per heavy atom. The Kier molecular flexibility index (Phi) is 5.07. The third kappa shape index (κ3) is 4.19. The van der Waals surface area contributed by atoms with Crippen molar-refractivity contribution in [3.63, 3.8) is 0 Å². The van der Waals surface area contributed by atoms with Crippen molar-refractivity contribution in [1.29, 1.82) is 0 Å². The molecule has 0 aliphatic heterocycles. The summed E-state index contributed by atoms with van der Waals surface area (Å²) < 4.78 is 0. The molecule has 23 heavy (non-hydrogen) atoms. The van der Waals surface area contributed by atoms with Crippen molar-refractivity contribution in [2.24, 2.45) is 0 Å². The summed E-state index contributed by atoms with van der Waals surface area (Å²) in [7, 11) is 0. The zero-order chi connectivity index (χ0) is 16.1. The van der Waals surface area contributed by atoms with Crippen LogP contribution in [0.5, 0.6) is 0 Å². The zero-order valence-corrected chi connectivity index (χ0v) is 13.8. The number of carbonyl (C=O) groups is 1. The summed E-state index contributed by atoms with van der Waals surface area (Å²) in [6.45, 7) is 2.03. The van der Waals surface area contributed by atoms with Gasteiger partial charge in [-0.25, -0.2) is 0 Å². The van der Waals surface area contributed by atoms with Gasteiger partial charge in [0.15, 0.2) is 5.78 Å². The molecule has 1 fully saturated rings. The first-order valence-corrected chi connectivity index (χ1v) is 8.61. The van der Waals surface area contributed by atoms with E-state index < -0.39 is 0 Å². The van der Waals surface area contributed by atoms with Crippen molar-refractivity contribution in [3.8, 4) is 0 Å². The van der Waals surface area contributed by atoms with Gasteiger partial charge in [0, 0.05) is 5.56 Å². The van der Waals surface area contributed by atoms with Gasteiger partial charge in [0.2, 0.25) is 0 Å². The molecule has 2 aromatic rings. The van der Waals surface area contributed by atoms with Gasteiger partial charge in [0.05, 0.1) is 0 Å². The van der Waals surface area contributed by atoms with Crippen LogP contribution >= 0.6 is 0 Å². The van der Waals surface area contributed by atoms with Crippen molar-refractivity contribution < 1.29 is 4.79 Å². The molecule has 2 aromatic carbocycles. The number of allylic oxidation sites excluding steroid dienone is 1. The highest BCUT2D eigenvalue weighted by Crippen LogP contribution is 2.32. The number of hydrogen-bond acceptors (Lipinski definition) is 1. The van der Waals surface area contributed by atoms with E-state index in [0.717, 1.165) is 17.0 Å². The fourth-order valence-corrected chi connectivity index (χ4v) is 3.30. The highest BCUT2D eigenvalue weighted by molar-refractivity contribution is 6.06. The molecule has 118 valence electrons. The van der Waals surface area contributed by atoms with E-state index in [1.165, 1.54) is 43.2 Å². The molecule has 0 atom stereocenters. The molecule has 0 heterocycles. The average molecular weight is 304 g/mol. The minimum atomic E-state index is 0.0568. The van der Waals surface area contributed by atoms with E-state index in [0.29, 0.717) is 0 Å². The van der Waals surface area contributed by atoms with Gasteiger partial charge in [-0.1, -0.05) is 79.4 Å². The minimum Gasteiger partial charge on any atom is -0.289 e. The van der Waals surface area contributed by atoms with Crippen molar-refractivity contribution in [3.05, 3.63) is 76.9 Å². The molecular formula is C22H24O. The van der Waals surface area contributed by atoms with Gasteiger partial charge in [-0.2, -0.15) is 0 Å². The molecule has 3 rings (SSSR count). The van der Waals surface area contributed by atoms with E-state index in [4.69, 9.17) is 0 Å². The third-order valence-corrected chi connectivity index (χ3v) is 4.78. The predicted molar refractivity (Wildman–Crippen MR) is 96.8 cm³/mol. The Bertz CT molecular complexity index is 671. The lowest BCUT2D eigenvalue weighted by molar-refractivity contribution is 0.104. The lowest BCUT2D eigenvalue weighted by Crippen LogP contribution is -2.04. The monoisotopic (exact) mass is 304 g/mol. The van der Waals surface area contributed by atoms with E-state index >= 15 is 0 Å². The largest absolute Gasteiger partial charge is 0.289 e. The van der Waals surface area contributed by atoms with Crippen molar-refractivity contribution in [2.45, 2.75) is 44.9 Å². The van der Waals surface area contributed by atoms with Gasteiger partial charge in [0.1, 0.15) is 0 Å². The van der Waals surface area contributed by atoms with E-state index in [1.807, 2.05) is 37.3 Å². The summed E-state index contributed by atoms with van der Waals surface area (Å²) in [6.07, 6.45) is 10.3. The molecule has 0 radical (unpaired) electrons. The van der Waals surface area contributed by atoms with Crippen molar-refractivity contribution >= 4 is 11.9 Å². The van der Waals surface area contributed by atoms with Crippen LogP contribution in [0.15, 0.2) is 54.6 Å². The quantitative estimate of drug-likeness (QED) is 0.504. The molecular weight excluding hydrogens is 280 g/mol. The predicted octanol–water partition coefficient (Wildman–Crippen LogP) is 5.94. The molecule has 0 aromatic heterocycles. The fraction of sp³-hybridized carbons (Fsp3) is 0.318. The smallest absolute Gasteiger partial charge is 0.185 e. The van der Waals surface area contributed by atoms with Crippen LogP contribution < -0.4 is 0 Å². The molecule has 0 spiro atoms. The Morgan fingerprint density at radius 3 is 2.22 bits per heavy atom. The van der Waals surface area contributed by atoms with Crippen LogP contribution in [0.4, 0.5) is 0 Å². The summed E-state index contributed by atoms with van der Waals surface area (Å²) in [4.78, 5) is 12.2. The van der Waals surface area contributed by atoms with Crippen LogP contribution in [-0.2, 0) is 0 Å². The van der Waals surface area contributed by atoms with Crippen molar-refractivity contribution in [1.82, 2.24) is 0 Å². The molecule has 0 amide bonds. The van der Waals surface area contributed by atoms with Gasteiger partial charge in [-0.05, 0) is 42.9 Å². The second-order valence-corrected chi connectivity index (χ2v) is 6.57. The molecule has 0 saturated heterocycles. The third-order valence-electron chi connectivity index (χ3n) is 4.78. The van der Waals surface area contributed by atoms with E-state index in [-0.39, 0.29) is 5.78 Å². The summed E-state index contributed by atoms with van der Waals surface area (Å²) in [5.74, 6) is 0.789. The van der Waals surface area contributed by atoms with Crippen LogP contribution in [-0.4, -0.2) is 5.78 Å². The first-order chi connectivity index (χ1) is 11.2. The SMILES string of the molecule is Cc1ccc(C(=O)C=Cc2ccc(C3CCCCC3)cc2)cc1. The van der Waals surface area contributed by atoms with Crippen LogP contribution in [0.2, 0.25) is 0 Å². The van der Waals surface area contributed by atoms with Crippen LogP contribution in [0.25, 0.3) is 6.08 Å². The minimum absolute atomic E-state index is 0.0568. The molecule has 1 aliphatic carbocycles. The number of benzene rings is 2. The standard InChI is InChI=1S/C22H24O/c1-17-7-12-21(13-8-17)22(23)16-11-18-9-14-20(15-10-18)19-5-3-2-4-6-19/h7-16,19H,2-6H2,1H3. The molecule has 1 nitrogen and oxygen atoms in total. The number of aryl methyl sites for hydroxylation is 1. The molecule has 0 N–H and O–H groups in total. The summed E-state index contributed by atoms with van der Waals surface area (Å²) in [5, 5.41) is 0. The maximum absolute atomic E-state index is 12.2. The molecule has 1 heteroatoms. The Morgan fingerprint density at radius 1 is 0.913 bits per heavy atom. The van der Waals surface area contributed by atoms with E-state index in [1.54, 1.807) is 6.08 Å². The van der Waals surface area contributed by atoms with Crippen LogP contribution in [0.1, 0.15) is 65.1 Å². The lowest BCUT2D eigenvalue weighted by Gasteiger charge is -2.21. The molecule has 1 aliphatic rings. The van der Waals surface area contributed by atoms with Gasteiger partial charge in [-0.3, -0.25) is 4.79 Å². The second kappa shape index (κ2) is 7.41. The zero-order valence-electron chi connectivity index (χ0n) is 13.8. The Labute approximate surface area is 139 Å². The molecule has 0 unspecified atom stereocenters. The maximum atomic E-state index is 12.2. The first-order valence-electron chi connectivity index (χ1n) is 8.61. The first kappa shape index (κ1) is 15.7. The average Bonchev–Trinajstić information content (AvgIpc) is 2.61. The van der Waals surface area contributed by atoms with Gasteiger partial charge < -0.3 is 0 Å². The van der Waals surface area contributed by atoms with Crippen LogP contribution in [0, 0.1) is 6.92 Å². The van der Waals surface area contributed by atoms with Gasteiger partial charge >= 0.3 is 0 Å². The number of rotatable bonds is 4. The summed E-state index contributed by atoms with van der Waals surface area (Å²) >= 11 is 0. The summed E-state index contributed by atoms with van der Waals surface area (Å²) in [5.41, 5.74) is 4.45. The van der Waals surface area contributed by atoms with E-state index in [9.17, 15) is 4.79 Å². The topological polar surface area (TPSA) is 17.1 Å². The van der Waals surface area contributed by atoms with Gasteiger partial charge in [-0.15, -0.1) is 0 Å². The maximum Gasteiger partial charge on any atom is 0.185 e. The molecule has 1 saturated carbocycles. The highest BCUT2D eigenvalue weighted by atomic mass is 16.1. The number of ketones is 1. The fourth-order valence-electron chi connectivity index (χ4n) is 3.30. The number of carbonyl (C=O) groups excluding carboxylic acids is 1. The second-order valence-electron chi connectivity index (χ2n) is 6.57. The Balaban J connectivity index is 1.65. The van der Waals surface area contributed by atoms with E-state index in [2.05, 4.69) is 24.3 Å². The van der Waals surface area contributed by atoms with Crippen LogP contribution in [0.3, 0.4) is 0 Å².